The van der Waals surface area contributed by atoms with E-state index < -0.39 is 6.04 Å². The van der Waals surface area contributed by atoms with E-state index in [4.69, 9.17) is 10.2 Å². The number of nitrogens with two attached hydrogens (primary N) is 1. The summed E-state index contributed by atoms with van der Waals surface area (Å²) in [6.45, 7) is 4.47. The number of carbonyl (C=O) groups excluding carboxylic acids is 1. The molecule has 0 aliphatic heterocycles. The van der Waals surface area contributed by atoms with Crippen molar-refractivity contribution in [2.75, 3.05) is 0 Å². The molecule has 1 heterocycles. The molecule has 0 radical (unpaired) electrons. The molecule has 0 saturated heterocycles. The van der Waals surface area contributed by atoms with E-state index >= 15 is 0 Å². The first-order chi connectivity index (χ1) is 7.15. The van der Waals surface area contributed by atoms with E-state index in [2.05, 4.69) is 5.32 Å². The molecule has 0 aliphatic rings. The number of nitrogens with one attached hydrogen (secondary N) is 1. The van der Waals surface area contributed by atoms with Crippen molar-refractivity contribution < 1.29 is 9.21 Å². The Hall–Kier alpha value is -1.29. The smallest absolute Gasteiger partial charge is 0.237 e. The second kappa shape index (κ2) is 5.56. The number of hydrogen-bond donors (Lipinski definition) is 2. The summed E-state index contributed by atoms with van der Waals surface area (Å²) in [5, 5.41) is 2.78. The molecule has 84 valence electrons. The average Bonchev–Trinajstić information content (AvgIpc) is 2.76. The van der Waals surface area contributed by atoms with Gasteiger partial charge in [-0.05, 0) is 12.0 Å². The fourth-order valence-corrected chi connectivity index (χ4v) is 1.21. The van der Waals surface area contributed by atoms with Crippen molar-refractivity contribution in [3.8, 4) is 0 Å². The third-order valence-corrected chi connectivity index (χ3v) is 2.61. The molecule has 1 unspecified atom stereocenters. The van der Waals surface area contributed by atoms with Gasteiger partial charge in [0, 0.05) is 12.1 Å². The Morgan fingerprint density at radius 3 is 2.93 bits per heavy atom. The van der Waals surface area contributed by atoms with Crippen LogP contribution in [0.5, 0.6) is 0 Å². The predicted molar refractivity (Wildman–Crippen MR) is 58.0 cm³/mol. The Morgan fingerprint density at radius 1 is 1.67 bits per heavy atom. The van der Waals surface area contributed by atoms with Gasteiger partial charge in [-0.15, -0.1) is 0 Å². The number of carbonyl (C=O) groups is 1. The first-order valence-electron chi connectivity index (χ1n) is 5.19. The van der Waals surface area contributed by atoms with E-state index in [0.29, 0.717) is 6.54 Å². The fraction of sp³-hybridized carbons (Fsp3) is 0.545. The minimum absolute atomic E-state index is 0.106. The zero-order valence-electron chi connectivity index (χ0n) is 9.19. The van der Waals surface area contributed by atoms with Crippen LogP contribution in [0.25, 0.3) is 0 Å². The quantitative estimate of drug-likeness (QED) is 0.769. The normalized spacial score (nSPS) is 14.6. The van der Waals surface area contributed by atoms with E-state index in [1.165, 1.54) is 0 Å². The molecule has 3 N–H and O–H groups in total. The van der Waals surface area contributed by atoms with E-state index in [1.54, 1.807) is 12.5 Å². The lowest BCUT2D eigenvalue weighted by atomic mass is 9.99. The van der Waals surface area contributed by atoms with Crippen LogP contribution in [-0.2, 0) is 11.3 Å². The minimum Gasteiger partial charge on any atom is -0.472 e. The molecule has 0 spiro atoms. The van der Waals surface area contributed by atoms with Gasteiger partial charge in [-0.1, -0.05) is 20.3 Å². The standard InChI is InChI=1S/C11H18N2O2/c1-3-8(2)10(12)11(14)13-6-9-4-5-15-7-9/h4-5,7-8,10H,3,6,12H2,1-2H3,(H,13,14)/t8?,10-/m0/s1. The van der Waals surface area contributed by atoms with Crippen LogP contribution in [0, 0.1) is 5.92 Å². The summed E-state index contributed by atoms with van der Waals surface area (Å²) in [4.78, 5) is 11.6. The molecule has 1 aromatic rings. The molecule has 1 rings (SSSR count). The summed E-state index contributed by atoms with van der Waals surface area (Å²) in [5.41, 5.74) is 6.72. The van der Waals surface area contributed by atoms with Gasteiger partial charge in [0.25, 0.3) is 0 Å². The third kappa shape index (κ3) is 3.40. The van der Waals surface area contributed by atoms with Crippen LogP contribution in [0.2, 0.25) is 0 Å². The molecule has 0 saturated carbocycles. The Morgan fingerprint density at radius 2 is 2.40 bits per heavy atom. The zero-order chi connectivity index (χ0) is 11.3. The first kappa shape index (κ1) is 11.8. The van der Waals surface area contributed by atoms with Crippen LogP contribution in [0.1, 0.15) is 25.8 Å². The van der Waals surface area contributed by atoms with Crippen LogP contribution in [-0.4, -0.2) is 11.9 Å². The highest BCUT2D eigenvalue weighted by Gasteiger charge is 2.18. The number of rotatable bonds is 5. The minimum atomic E-state index is -0.429. The van der Waals surface area contributed by atoms with Crippen molar-refractivity contribution in [3.63, 3.8) is 0 Å². The van der Waals surface area contributed by atoms with Crippen LogP contribution < -0.4 is 11.1 Å². The Bertz CT molecular complexity index is 296. The van der Waals surface area contributed by atoms with Gasteiger partial charge < -0.3 is 15.5 Å². The van der Waals surface area contributed by atoms with Gasteiger partial charge >= 0.3 is 0 Å². The Labute approximate surface area is 89.8 Å². The van der Waals surface area contributed by atoms with Crippen LogP contribution >= 0.6 is 0 Å². The van der Waals surface area contributed by atoms with Crippen molar-refractivity contribution in [1.29, 1.82) is 0 Å². The lowest BCUT2D eigenvalue weighted by Gasteiger charge is -2.17. The second-order valence-electron chi connectivity index (χ2n) is 3.76. The molecule has 4 heteroatoms. The van der Waals surface area contributed by atoms with Crippen LogP contribution in [0.4, 0.5) is 0 Å². The molecule has 0 aliphatic carbocycles. The van der Waals surface area contributed by atoms with Gasteiger partial charge in [-0.3, -0.25) is 4.79 Å². The summed E-state index contributed by atoms with van der Waals surface area (Å²) in [7, 11) is 0. The maximum atomic E-state index is 11.6. The molecule has 0 aromatic carbocycles. The van der Waals surface area contributed by atoms with Crippen LogP contribution in [0.15, 0.2) is 23.0 Å². The summed E-state index contributed by atoms with van der Waals surface area (Å²) >= 11 is 0. The Balaban J connectivity index is 2.36. The van der Waals surface area contributed by atoms with E-state index in [1.807, 2.05) is 19.9 Å². The predicted octanol–water partition coefficient (Wildman–Crippen LogP) is 1.27. The average molecular weight is 210 g/mol. The molecule has 0 bridgehead atoms. The number of amides is 1. The van der Waals surface area contributed by atoms with Gasteiger partial charge in [0.2, 0.25) is 5.91 Å². The van der Waals surface area contributed by atoms with Gasteiger partial charge in [-0.2, -0.15) is 0 Å². The maximum Gasteiger partial charge on any atom is 0.237 e. The van der Waals surface area contributed by atoms with Gasteiger partial charge in [0.15, 0.2) is 0 Å². The van der Waals surface area contributed by atoms with Crippen molar-refractivity contribution in [2.45, 2.75) is 32.9 Å². The molecular weight excluding hydrogens is 192 g/mol. The lowest BCUT2D eigenvalue weighted by molar-refractivity contribution is -0.123. The van der Waals surface area contributed by atoms with E-state index in [9.17, 15) is 4.79 Å². The summed E-state index contributed by atoms with van der Waals surface area (Å²) < 4.78 is 4.89. The SMILES string of the molecule is CCC(C)[C@H](N)C(=O)NCc1ccoc1. The molecule has 2 atom stereocenters. The topological polar surface area (TPSA) is 68.3 Å². The molecule has 4 nitrogen and oxygen atoms in total. The lowest BCUT2D eigenvalue weighted by Crippen LogP contribution is -2.44. The maximum absolute atomic E-state index is 11.6. The molecular formula is C11H18N2O2. The van der Waals surface area contributed by atoms with Gasteiger partial charge in [0.05, 0.1) is 18.6 Å². The van der Waals surface area contributed by atoms with Crippen molar-refractivity contribution in [3.05, 3.63) is 24.2 Å². The summed E-state index contributed by atoms with van der Waals surface area (Å²) in [5.74, 6) is 0.0971. The molecule has 1 aromatic heterocycles. The number of hydrogen-bond acceptors (Lipinski definition) is 3. The van der Waals surface area contributed by atoms with Crippen molar-refractivity contribution in [1.82, 2.24) is 5.32 Å². The van der Waals surface area contributed by atoms with Gasteiger partial charge in [-0.25, -0.2) is 0 Å². The fourth-order valence-electron chi connectivity index (χ4n) is 1.21. The van der Waals surface area contributed by atoms with E-state index in [0.717, 1.165) is 12.0 Å². The Kier molecular flexibility index (Phi) is 4.37. The van der Waals surface area contributed by atoms with Crippen molar-refractivity contribution in [2.24, 2.45) is 11.7 Å². The first-order valence-corrected chi connectivity index (χ1v) is 5.19. The highest BCUT2D eigenvalue weighted by Crippen LogP contribution is 2.05. The molecule has 0 fully saturated rings. The third-order valence-electron chi connectivity index (χ3n) is 2.61. The van der Waals surface area contributed by atoms with Crippen molar-refractivity contribution >= 4 is 5.91 Å². The van der Waals surface area contributed by atoms with Gasteiger partial charge in [0.1, 0.15) is 0 Å². The monoisotopic (exact) mass is 210 g/mol. The second-order valence-corrected chi connectivity index (χ2v) is 3.76. The molecule has 1 amide bonds. The van der Waals surface area contributed by atoms with E-state index in [-0.39, 0.29) is 11.8 Å². The van der Waals surface area contributed by atoms with Crippen LogP contribution in [0.3, 0.4) is 0 Å². The highest BCUT2D eigenvalue weighted by molar-refractivity contribution is 5.81. The number of furan rings is 1. The summed E-state index contributed by atoms with van der Waals surface area (Å²) in [6.07, 6.45) is 4.09. The summed E-state index contributed by atoms with van der Waals surface area (Å²) in [6, 6.07) is 1.39. The largest absolute Gasteiger partial charge is 0.472 e. The molecule has 15 heavy (non-hydrogen) atoms. The highest BCUT2D eigenvalue weighted by atomic mass is 16.3. The zero-order valence-corrected chi connectivity index (χ0v) is 9.19.